The van der Waals surface area contributed by atoms with E-state index in [9.17, 15) is 4.91 Å². The number of hydrogen-bond donors (Lipinski definition) is 1. The number of hydrogen-bond acceptors (Lipinski definition) is 4. The maximum atomic E-state index is 10.4. The molecule has 0 unspecified atom stereocenters. The average Bonchev–Trinajstić information content (AvgIpc) is 2.04. The van der Waals surface area contributed by atoms with E-state index in [0.717, 1.165) is 0 Å². The second kappa shape index (κ2) is 3.46. The zero-order chi connectivity index (χ0) is 10.0. The molecule has 1 aromatic rings. The van der Waals surface area contributed by atoms with E-state index >= 15 is 0 Å². The van der Waals surface area contributed by atoms with Gasteiger partial charge in [-0.1, -0.05) is 12.2 Å². The van der Waals surface area contributed by atoms with Crippen LogP contribution in [0.5, 0.6) is 0 Å². The first-order valence-electron chi connectivity index (χ1n) is 3.58. The fourth-order valence-electron chi connectivity index (χ4n) is 1.13. The lowest BCUT2D eigenvalue weighted by molar-refractivity contribution is 1.13. The van der Waals surface area contributed by atoms with Crippen molar-refractivity contribution >= 4 is 17.9 Å². The number of H-pyrrole nitrogens is 1. The van der Waals surface area contributed by atoms with Gasteiger partial charge in [-0.3, -0.25) is 0 Å². The third kappa shape index (κ3) is 1.48. The molecule has 0 spiro atoms. The number of aromatic amines is 1. The molecule has 1 N–H and O–H groups in total. The van der Waals surface area contributed by atoms with Crippen molar-refractivity contribution in [2.45, 2.75) is 13.8 Å². The number of nitrogens with zero attached hydrogens (tertiary/aromatic N) is 2. The van der Waals surface area contributed by atoms with Crippen LogP contribution in [0.1, 0.15) is 16.8 Å². The molecular weight excluding hydrogens is 186 g/mol. The zero-order valence-electron chi connectivity index (χ0n) is 7.21. The molecule has 5 heteroatoms. The minimum Gasteiger partial charge on any atom is -0.347 e. The summed E-state index contributed by atoms with van der Waals surface area (Å²) in [6, 6.07) is 1.93. The number of pyridine rings is 1. The Bertz CT molecular complexity index is 456. The second-order valence-electron chi connectivity index (χ2n) is 2.63. The van der Waals surface area contributed by atoms with Gasteiger partial charge in [-0.2, -0.15) is 5.26 Å². The SMILES string of the molecule is Cc1[nH]c(=S)c(C#N)c(C)c1N=O. The Morgan fingerprint density at radius 1 is 1.54 bits per heavy atom. The van der Waals surface area contributed by atoms with Gasteiger partial charge in [-0.25, -0.2) is 0 Å². The van der Waals surface area contributed by atoms with Crippen molar-refractivity contribution in [3.8, 4) is 6.07 Å². The zero-order valence-corrected chi connectivity index (χ0v) is 8.03. The van der Waals surface area contributed by atoms with Crippen LogP contribution < -0.4 is 0 Å². The Balaban J connectivity index is 3.70. The van der Waals surface area contributed by atoms with Gasteiger partial charge in [0.1, 0.15) is 16.4 Å². The van der Waals surface area contributed by atoms with E-state index in [2.05, 4.69) is 10.2 Å². The molecule has 0 atom stereocenters. The van der Waals surface area contributed by atoms with Gasteiger partial charge in [0.05, 0.1) is 5.56 Å². The van der Waals surface area contributed by atoms with Gasteiger partial charge in [-0.15, -0.1) is 4.91 Å². The van der Waals surface area contributed by atoms with Crippen LogP contribution in [0, 0.1) is 34.7 Å². The Labute approximate surface area is 80.2 Å². The molecule has 0 bridgehead atoms. The predicted octanol–water partition coefficient (Wildman–Crippen LogP) is 2.63. The molecule has 66 valence electrons. The summed E-state index contributed by atoms with van der Waals surface area (Å²) >= 11 is 4.91. The highest BCUT2D eigenvalue weighted by Gasteiger charge is 2.09. The molecular formula is C8H7N3OS. The maximum Gasteiger partial charge on any atom is 0.131 e. The lowest BCUT2D eigenvalue weighted by Crippen LogP contribution is -1.92. The fourth-order valence-corrected chi connectivity index (χ4v) is 1.49. The first-order valence-corrected chi connectivity index (χ1v) is 3.99. The van der Waals surface area contributed by atoms with E-state index in [0.29, 0.717) is 21.5 Å². The average molecular weight is 193 g/mol. The molecule has 0 saturated heterocycles. The molecule has 0 aliphatic heterocycles. The van der Waals surface area contributed by atoms with Crippen molar-refractivity contribution in [2.75, 3.05) is 0 Å². The molecule has 13 heavy (non-hydrogen) atoms. The first kappa shape index (κ1) is 9.55. The van der Waals surface area contributed by atoms with E-state index in [1.807, 2.05) is 6.07 Å². The van der Waals surface area contributed by atoms with Gasteiger partial charge in [0.25, 0.3) is 0 Å². The van der Waals surface area contributed by atoms with Crippen LogP contribution in [0.15, 0.2) is 5.18 Å². The fraction of sp³-hybridized carbons (Fsp3) is 0.250. The molecule has 1 aromatic heterocycles. The van der Waals surface area contributed by atoms with Gasteiger partial charge in [0.15, 0.2) is 0 Å². The molecule has 0 aliphatic rings. The molecule has 0 amide bonds. The van der Waals surface area contributed by atoms with Crippen molar-refractivity contribution in [1.82, 2.24) is 4.98 Å². The third-order valence-corrected chi connectivity index (χ3v) is 2.12. The molecule has 0 aliphatic carbocycles. The quantitative estimate of drug-likeness (QED) is 0.550. The number of nitroso groups, excluding NO2 is 1. The largest absolute Gasteiger partial charge is 0.347 e. The summed E-state index contributed by atoms with van der Waals surface area (Å²) in [4.78, 5) is 13.2. The van der Waals surface area contributed by atoms with Crippen LogP contribution in [-0.4, -0.2) is 4.98 Å². The van der Waals surface area contributed by atoms with Gasteiger partial charge in [-0.05, 0) is 19.0 Å². The Kier molecular flexibility index (Phi) is 2.54. The molecule has 0 radical (unpaired) electrons. The minimum absolute atomic E-state index is 0.269. The normalized spacial score (nSPS) is 9.31. The van der Waals surface area contributed by atoms with Crippen LogP contribution in [-0.2, 0) is 0 Å². The smallest absolute Gasteiger partial charge is 0.131 e. The lowest BCUT2D eigenvalue weighted by atomic mass is 10.1. The van der Waals surface area contributed by atoms with Crippen molar-refractivity contribution in [3.63, 3.8) is 0 Å². The number of nitriles is 1. The van der Waals surface area contributed by atoms with E-state index in [1.165, 1.54) is 0 Å². The number of aryl methyl sites for hydroxylation is 1. The van der Waals surface area contributed by atoms with Gasteiger partial charge >= 0.3 is 0 Å². The van der Waals surface area contributed by atoms with Crippen molar-refractivity contribution in [3.05, 3.63) is 26.4 Å². The van der Waals surface area contributed by atoms with Crippen LogP contribution in [0.2, 0.25) is 0 Å². The molecule has 4 nitrogen and oxygen atoms in total. The Morgan fingerprint density at radius 2 is 2.15 bits per heavy atom. The topological polar surface area (TPSA) is 69.0 Å². The van der Waals surface area contributed by atoms with E-state index in [4.69, 9.17) is 17.5 Å². The minimum atomic E-state index is 0.269. The summed E-state index contributed by atoms with van der Waals surface area (Å²) in [5.41, 5.74) is 1.72. The Hall–Kier alpha value is -1.54. The highest BCUT2D eigenvalue weighted by Crippen LogP contribution is 2.24. The monoisotopic (exact) mass is 193 g/mol. The van der Waals surface area contributed by atoms with Crippen LogP contribution in [0.3, 0.4) is 0 Å². The van der Waals surface area contributed by atoms with Gasteiger partial charge < -0.3 is 4.98 Å². The summed E-state index contributed by atoms with van der Waals surface area (Å²) < 4.78 is 0.352. The van der Waals surface area contributed by atoms with E-state index in [1.54, 1.807) is 13.8 Å². The van der Waals surface area contributed by atoms with E-state index < -0.39 is 0 Å². The standard InChI is InChI=1S/C8H7N3OS/c1-4-6(3-9)8(13)10-5(2)7(4)11-12/h1-2H3,(H,10,13). The van der Waals surface area contributed by atoms with Crippen molar-refractivity contribution < 1.29 is 0 Å². The first-order chi connectivity index (χ1) is 6.11. The highest BCUT2D eigenvalue weighted by atomic mass is 32.1. The number of aromatic nitrogens is 1. The second-order valence-corrected chi connectivity index (χ2v) is 3.04. The number of rotatable bonds is 1. The molecule has 0 aromatic carbocycles. The summed E-state index contributed by atoms with van der Waals surface area (Å²) in [5.74, 6) is 0. The molecule has 0 saturated carbocycles. The van der Waals surface area contributed by atoms with Gasteiger partial charge in [0.2, 0.25) is 0 Å². The predicted molar refractivity (Wildman–Crippen MR) is 51.3 cm³/mol. The maximum absolute atomic E-state index is 10.4. The molecule has 1 rings (SSSR count). The third-order valence-electron chi connectivity index (χ3n) is 1.82. The van der Waals surface area contributed by atoms with Crippen LogP contribution in [0.4, 0.5) is 5.69 Å². The highest BCUT2D eigenvalue weighted by molar-refractivity contribution is 7.71. The lowest BCUT2D eigenvalue weighted by Gasteiger charge is -2.03. The number of nitrogens with one attached hydrogen (secondary N) is 1. The summed E-state index contributed by atoms with van der Waals surface area (Å²) in [5, 5.41) is 11.6. The molecule has 1 heterocycles. The Morgan fingerprint density at radius 3 is 2.62 bits per heavy atom. The van der Waals surface area contributed by atoms with E-state index in [-0.39, 0.29) is 5.69 Å². The summed E-state index contributed by atoms with van der Waals surface area (Å²) in [7, 11) is 0. The summed E-state index contributed by atoms with van der Waals surface area (Å²) in [6.07, 6.45) is 0. The van der Waals surface area contributed by atoms with Crippen molar-refractivity contribution in [2.24, 2.45) is 5.18 Å². The van der Waals surface area contributed by atoms with Crippen LogP contribution in [0.25, 0.3) is 0 Å². The van der Waals surface area contributed by atoms with Crippen LogP contribution >= 0.6 is 12.2 Å². The van der Waals surface area contributed by atoms with Crippen molar-refractivity contribution in [1.29, 1.82) is 5.26 Å². The van der Waals surface area contributed by atoms with Gasteiger partial charge in [0, 0.05) is 11.3 Å². The summed E-state index contributed by atoms with van der Waals surface area (Å²) in [6.45, 7) is 3.35. The molecule has 0 fully saturated rings.